The number of nitrogens with one attached hydrogen (secondary N) is 1. The van der Waals surface area contributed by atoms with Crippen molar-refractivity contribution in [3.05, 3.63) is 64.1 Å². The Kier molecular flexibility index (Phi) is 7.66. The van der Waals surface area contributed by atoms with Gasteiger partial charge in [-0.05, 0) is 43.7 Å². The van der Waals surface area contributed by atoms with E-state index in [9.17, 15) is 4.79 Å². The Labute approximate surface area is 156 Å². The van der Waals surface area contributed by atoms with Crippen molar-refractivity contribution in [3.8, 4) is 5.75 Å². The van der Waals surface area contributed by atoms with E-state index in [1.807, 2.05) is 36.0 Å². The minimum absolute atomic E-state index is 0.0888. The molecule has 24 heavy (non-hydrogen) atoms. The van der Waals surface area contributed by atoms with Crippen LogP contribution in [0.15, 0.2) is 53.0 Å². The van der Waals surface area contributed by atoms with Gasteiger partial charge in [-0.3, -0.25) is 4.79 Å². The van der Waals surface area contributed by atoms with Crippen molar-refractivity contribution in [2.24, 2.45) is 0 Å². The van der Waals surface area contributed by atoms with E-state index >= 15 is 0 Å². The van der Waals surface area contributed by atoms with Gasteiger partial charge in [0.05, 0.1) is 0 Å². The summed E-state index contributed by atoms with van der Waals surface area (Å²) >= 11 is 5.19. The molecule has 2 aromatic carbocycles. The zero-order valence-electron chi connectivity index (χ0n) is 13.9. The Hall–Kier alpha value is -1.46. The molecule has 0 radical (unpaired) electrons. The maximum Gasteiger partial charge on any atom is 0.260 e. The summed E-state index contributed by atoms with van der Waals surface area (Å²) in [5, 5.41) is 2.92. The molecule has 2 rings (SSSR count). The average molecular weight is 408 g/mol. The van der Waals surface area contributed by atoms with Gasteiger partial charge in [0.15, 0.2) is 6.10 Å². The topological polar surface area (TPSA) is 38.3 Å². The maximum absolute atomic E-state index is 12.0. The number of benzene rings is 2. The normalized spacial score (nSPS) is 11.8. The number of aryl methyl sites for hydroxylation is 1. The monoisotopic (exact) mass is 407 g/mol. The van der Waals surface area contributed by atoms with Crippen LogP contribution in [0.25, 0.3) is 0 Å². The predicted octanol–water partition coefficient (Wildman–Crippen LogP) is 4.57. The molecule has 0 spiro atoms. The third-order valence-electron chi connectivity index (χ3n) is 3.39. The SMILES string of the molecule is Cc1cccc(CSCCNC(=O)C(C)Oc2ccc(Br)cc2)c1. The van der Waals surface area contributed by atoms with Gasteiger partial charge in [-0.2, -0.15) is 11.8 Å². The molecule has 0 aromatic heterocycles. The molecule has 0 saturated carbocycles. The molecule has 0 aliphatic heterocycles. The highest BCUT2D eigenvalue weighted by Gasteiger charge is 2.13. The Morgan fingerprint density at radius 3 is 2.71 bits per heavy atom. The van der Waals surface area contributed by atoms with Crippen molar-refractivity contribution in [1.82, 2.24) is 5.32 Å². The largest absolute Gasteiger partial charge is 0.481 e. The van der Waals surface area contributed by atoms with Crippen molar-refractivity contribution in [2.75, 3.05) is 12.3 Å². The molecular formula is C19H22BrNO2S. The highest BCUT2D eigenvalue weighted by Crippen LogP contribution is 2.17. The fraction of sp³-hybridized carbons (Fsp3) is 0.316. The molecule has 0 heterocycles. The van der Waals surface area contributed by atoms with E-state index in [0.717, 1.165) is 16.0 Å². The second kappa shape index (κ2) is 9.74. The number of rotatable bonds is 8. The van der Waals surface area contributed by atoms with Gasteiger partial charge in [0.2, 0.25) is 0 Å². The number of amides is 1. The van der Waals surface area contributed by atoms with Crippen LogP contribution in [-0.2, 0) is 10.5 Å². The molecule has 1 N–H and O–H groups in total. The van der Waals surface area contributed by atoms with Crippen molar-refractivity contribution in [1.29, 1.82) is 0 Å². The van der Waals surface area contributed by atoms with Gasteiger partial charge in [0, 0.05) is 22.5 Å². The standard InChI is InChI=1S/C19H22BrNO2S/c1-14-4-3-5-16(12-14)13-24-11-10-21-19(22)15(2)23-18-8-6-17(20)7-9-18/h3-9,12,15H,10-11,13H2,1-2H3,(H,21,22). The summed E-state index contributed by atoms with van der Waals surface area (Å²) in [6.07, 6.45) is -0.507. The third-order valence-corrected chi connectivity index (χ3v) is 4.95. The summed E-state index contributed by atoms with van der Waals surface area (Å²) in [5.41, 5.74) is 2.60. The summed E-state index contributed by atoms with van der Waals surface area (Å²) in [4.78, 5) is 12.0. The molecule has 0 aliphatic rings. The van der Waals surface area contributed by atoms with Gasteiger partial charge < -0.3 is 10.1 Å². The molecule has 0 fully saturated rings. The quantitative estimate of drug-likeness (QED) is 0.650. The fourth-order valence-corrected chi connectivity index (χ4v) is 3.22. The minimum atomic E-state index is -0.507. The van der Waals surface area contributed by atoms with Crippen LogP contribution in [-0.4, -0.2) is 24.3 Å². The summed E-state index contributed by atoms with van der Waals surface area (Å²) in [6.45, 7) is 4.50. The van der Waals surface area contributed by atoms with E-state index in [1.54, 1.807) is 6.92 Å². The van der Waals surface area contributed by atoms with Crippen molar-refractivity contribution in [3.63, 3.8) is 0 Å². The molecule has 5 heteroatoms. The van der Waals surface area contributed by atoms with Gasteiger partial charge in [0.1, 0.15) is 5.75 Å². The second-order valence-electron chi connectivity index (χ2n) is 5.55. The lowest BCUT2D eigenvalue weighted by Gasteiger charge is -2.14. The highest BCUT2D eigenvalue weighted by atomic mass is 79.9. The molecule has 128 valence electrons. The fourth-order valence-electron chi connectivity index (χ4n) is 2.15. The summed E-state index contributed by atoms with van der Waals surface area (Å²) in [6, 6.07) is 16.0. The molecule has 1 amide bonds. The Bertz CT molecular complexity index is 661. The Morgan fingerprint density at radius 1 is 1.25 bits per heavy atom. The van der Waals surface area contributed by atoms with Crippen LogP contribution in [0.3, 0.4) is 0 Å². The molecule has 0 bridgehead atoms. The van der Waals surface area contributed by atoms with Gasteiger partial charge >= 0.3 is 0 Å². The van der Waals surface area contributed by atoms with Crippen LogP contribution in [0.5, 0.6) is 5.75 Å². The molecule has 0 aliphatic carbocycles. The highest BCUT2D eigenvalue weighted by molar-refractivity contribution is 9.10. The third kappa shape index (κ3) is 6.57. The number of thioether (sulfide) groups is 1. The smallest absolute Gasteiger partial charge is 0.260 e. The van der Waals surface area contributed by atoms with Crippen LogP contribution in [0.4, 0.5) is 0 Å². The first-order valence-electron chi connectivity index (χ1n) is 7.88. The second-order valence-corrected chi connectivity index (χ2v) is 7.57. The van der Waals surface area contributed by atoms with Crippen LogP contribution in [0.1, 0.15) is 18.1 Å². The van der Waals surface area contributed by atoms with E-state index in [0.29, 0.717) is 12.3 Å². The number of carbonyl (C=O) groups excluding carboxylic acids is 1. The molecular weight excluding hydrogens is 386 g/mol. The summed E-state index contributed by atoms with van der Waals surface area (Å²) < 4.78 is 6.61. The first-order valence-corrected chi connectivity index (χ1v) is 9.82. The predicted molar refractivity (Wildman–Crippen MR) is 105 cm³/mol. The lowest BCUT2D eigenvalue weighted by Crippen LogP contribution is -2.37. The number of hydrogen-bond donors (Lipinski definition) is 1. The van der Waals surface area contributed by atoms with Crippen molar-refractivity contribution >= 4 is 33.6 Å². The van der Waals surface area contributed by atoms with Crippen LogP contribution < -0.4 is 10.1 Å². The number of ether oxygens (including phenoxy) is 1. The van der Waals surface area contributed by atoms with Gasteiger partial charge in [-0.1, -0.05) is 45.8 Å². The van der Waals surface area contributed by atoms with E-state index in [-0.39, 0.29) is 5.91 Å². The maximum atomic E-state index is 12.0. The molecule has 1 unspecified atom stereocenters. The van der Waals surface area contributed by atoms with Crippen LogP contribution in [0, 0.1) is 6.92 Å². The van der Waals surface area contributed by atoms with Gasteiger partial charge in [0.25, 0.3) is 5.91 Å². The van der Waals surface area contributed by atoms with E-state index in [2.05, 4.69) is 52.4 Å². The average Bonchev–Trinajstić information content (AvgIpc) is 2.56. The molecule has 3 nitrogen and oxygen atoms in total. The Balaban J connectivity index is 1.64. The summed E-state index contributed by atoms with van der Waals surface area (Å²) in [5.74, 6) is 2.44. The lowest BCUT2D eigenvalue weighted by atomic mass is 10.2. The van der Waals surface area contributed by atoms with E-state index < -0.39 is 6.10 Å². The van der Waals surface area contributed by atoms with Crippen molar-refractivity contribution < 1.29 is 9.53 Å². The molecule has 0 saturated heterocycles. The van der Waals surface area contributed by atoms with Crippen LogP contribution >= 0.6 is 27.7 Å². The molecule has 1 atom stereocenters. The van der Waals surface area contributed by atoms with Crippen LogP contribution in [0.2, 0.25) is 0 Å². The Morgan fingerprint density at radius 2 is 2.00 bits per heavy atom. The zero-order valence-corrected chi connectivity index (χ0v) is 16.3. The van der Waals surface area contributed by atoms with Crippen molar-refractivity contribution in [2.45, 2.75) is 25.7 Å². The van der Waals surface area contributed by atoms with E-state index in [4.69, 9.17) is 4.74 Å². The molecule has 2 aromatic rings. The number of carbonyl (C=O) groups is 1. The number of halogens is 1. The zero-order chi connectivity index (χ0) is 17.4. The van der Waals surface area contributed by atoms with E-state index in [1.165, 1.54) is 11.1 Å². The minimum Gasteiger partial charge on any atom is -0.481 e. The van der Waals surface area contributed by atoms with Gasteiger partial charge in [-0.15, -0.1) is 0 Å². The number of hydrogen-bond acceptors (Lipinski definition) is 3. The first-order chi connectivity index (χ1) is 11.5. The first kappa shape index (κ1) is 18.9. The lowest BCUT2D eigenvalue weighted by molar-refractivity contribution is -0.127. The van der Waals surface area contributed by atoms with Gasteiger partial charge in [-0.25, -0.2) is 0 Å². The summed E-state index contributed by atoms with van der Waals surface area (Å²) in [7, 11) is 0.